The first-order valence-electron chi connectivity index (χ1n) is 6.08. The Labute approximate surface area is 108 Å². The largest absolute Gasteiger partial charge is 0.444 e. The lowest BCUT2D eigenvalue weighted by molar-refractivity contribution is -0.0967. The Balaban J connectivity index is 2.68. The molecule has 2 atom stereocenters. The number of hydrogen-bond donors (Lipinski definition) is 1. The van der Waals surface area contributed by atoms with Gasteiger partial charge in [0.15, 0.2) is 0 Å². The highest BCUT2D eigenvalue weighted by Gasteiger charge is 2.34. The van der Waals surface area contributed by atoms with Crippen LogP contribution < -0.4 is 0 Å². The van der Waals surface area contributed by atoms with E-state index in [1.807, 2.05) is 20.8 Å². The van der Waals surface area contributed by atoms with Crippen LogP contribution in [0.2, 0.25) is 0 Å². The van der Waals surface area contributed by atoms with Crippen molar-refractivity contribution in [2.24, 2.45) is 0 Å². The molecule has 0 aromatic carbocycles. The van der Waals surface area contributed by atoms with Gasteiger partial charge in [-0.1, -0.05) is 0 Å². The second kappa shape index (κ2) is 6.36. The normalized spacial score (nSPS) is 25.1. The number of aliphatic hydroxyl groups excluding tert-OH is 1. The Hall–Kier alpha value is -0.850. The molecule has 1 aliphatic rings. The van der Waals surface area contributed by atoms with E-state index in [1.54, 1.807) is 12.0 Å². The first kappa shape index (κ1) is 15.2. The summed E-state index contributed by atoms with van der Waals surface area (Å²) in [5.41, 5.74) is -0.540. The second-order valence-electron chi connectivity index (χ2n) is 5.38. The van der Waals surface area contributed by atoms with Gasteiger partial charge < -0.3 is 19.3 Å². The molecule has 1 amide bonds. The van der Waals surface area contributed by atoms with Gasteiger partial charge in [-0.3, -0.25) is 4.90 Å². The van der Waals surface area contributed by atoms with Crippen molar-refractivity contribution in [2.45, 2.75) is 38.5 Å². The van der Waals surface area contributed by atoms with Crippen LogP contribution in [0, 0.1) is 0 Å². The lowest BCUT2D eigenvalue weighted by Gasteiger charge is -2.39. The molecule has 0 saturated carbocycles. The van der Waals surface area contributed by atoms with E-state index < -0.39 is 11.7 Å². The van der Waals surface area contributed by atoms with Crippen molar-refractivity contribution in [2.75, 3.05) is 33.5 Å². The predicted molar refractivity (Wildman–Crippen MR) is 65.4 cm³/mol. The third-order valence-electron chi connectivity index (χ3n) is 2.56. The van der Waals surface area contributed by atoms with Gasteiger partial charge in [-0.2, -0.15) is 0 Å². The zero-order valence-corrected chi connectivity index (χ0v) is 11.5. The average Bonchev–Trinajstić information content (AvgIpc) is 2.27. The van der Waals surface area contributed by atoms with Crippen LogP contribution in [0.25, 0.3) is 0 Å². The molecule has 0 aliphatic carbocycles. The Morgan fingerprint density at radius 2 is 2.17 bits per heavy atom. The highest BCUT2D eigenvalue weighted by atomic mass is 16.6. The molecule has 106 valence electrons. The summed E-state index contributed by atoms with van der Waals surface area (Å²) >= 11 is 0. The number of carbonyl (C=O) groups is 1. The summed E-state index contributed by atoms with van der Waals surface area (Å²) in [5.74, 6) is 0. The summed E-state index contributed by atoms with van der Waals surface area (Å²) in [5, 5.41) is 9.10. The minimum absolute atomic E-state index is 0.112. The van der Waals surface area contributed by atoms with Crippen molar-refractivity contribution in [1.29, 1.82) is 0 Å². The number of amides is 1. The fraction of sp³-hybridized carbons (Fsp3) is 0.917. The van der Waals surface area contributed by atoms with Gasteiger partial charge in [0.25, 0.3) is 0 Å². The van der Waals surface area contributed by atoms with E-state index >= 15 is 0 Å². The summed E-state index contributed by atoms with van der Waals surface area (Å²) in [4.78, 5) is 13.6. The number of aliphatic hydroxyl groups is 1. The molecular formula is C12H23NO5. The van der Waals surface area contributed by atoms with E-state index in [0.717, 1.165) is 0 Å². The van der Waals surface area contributed by atoms with Crippen LogP contribution in [0.1, 0.15) is 20.8 Å². The topological polar surface area (TPSA) is 68.2 Å². The van der Waals surface area contributed by atoms with Crippen molar-refractivity contribution in [3.8, 4) is 0 Å². The average molecular weight is 261 g/mol. The standard InChI is InChI=1S/C12H23NO5/c1-12(2,3)18-11(15)13-5-10(6-14)17-8-9(13)7-16-4/h9-10,14H,5-8H2,1-4H3. The van der Waals surface area contributed by atoms with E-state index in [-0.39, 0.29) is 18.8 Å². The minimum Gasteiger partial charge on any atom is -0.444 e. The van der Waals surface area contributed by atoms with Crippen molar-refractivity contribution in [3.63, 3.8) is 0 Å². The molecule has 0 bridgehead atoms. The maximum absolute atomic E-state index is 12.1. The van der Waals surface area contributed by atoms with Gasteiger partial charge in [-0.25, -0.2) is 4.79 Å². The molecule has 0 aromatic rings. The zero-order chi connectivity index (χ0) is 13.8. The molecule has 1 aliphatic heterocycles. The van der Waals surface area contributed by atoms with Gasteiger partial charge >= 0.3 is 6.09 Å². The molecule has 18 heavy (non-hydrogen) atoms. The van der Waals surface area contributed by atoms with Gasteiger partial charge in [0.05, 0.1) is 38.5 Å². The Morgan fingerprint density at radius 3 is 2.67 bits per heavy atom. The van der Waals surface area contributed by atoms with Gasteiger partial charge in [-0.05, 0) is 20.8 Å². The number of carbonyl (C=O) groups excluding carboxylic acids is 1. The molecule has 0 spiro atoms. The second-order valence-corrected chi connectivity index (χ2v) is 5.38. The van der Waals surface area contributed by atoms with Crippen LogP contribution in [-0.4, -0.2) is 67.3 Å². The molecule has 0 aromatic heterocycles. The maximum atomic E-state index is 12.1. The molecular weight excluding hydrogens is 238 g/mol. The Bertz CT molecular complexity index is 276. The van der Waals surface area contributed by atoms with E-state index in [9.17, 15) is 4.79 Å². The van der Waals surface area contributed by atoms with Gasteiger partial charge in [-0.15, -0.1) is 0 Å². The molecule has 1 fully saturated rings. The lowest BCUT2D eigenvalue weighted by atomic mass is 10.2. The van der Waals surface area contributed by atoms with E-state index in [2.05, 4.69) is 0 Å². The zero-order valence-electron chi connectivity index (χ0n) is 11.5. The van der Waals surface area contributed by atoms with Crippen LogP contribution in [-0.2, 0) is 14.2 Å². The number of hydrogen-bond acceptors (Lipinski definition) is 5. The number of nitrogens with zero attached hydrogens (tertiary/aromatic N) is 1. The predicted octanol–water partition coefficient (Wildman–Crippen LogP) is 0.630. The monoisotopic (exact) mass is 261 g/mol. The summed E-state index contributed by atoms with van der Waals surface area (Å²) in [7, 11) is 1.57. The molecule has 2 unspecified atom stereocenters. The molecule has 1 heterocycles. The maximum Gasteiger partial charge on any atom is 0.410 e. The molecule has 0 radical (unpaired) electrons. The lowest BCUT2D eigenvalue weighted by Crippen LogP contribution is -2.55. The highest BCUT2D eigenvalue weighted by molar-refractivity contribution is 5.68. The van der Waals surface area contributed by atoms with Crippen molar-refractivity contribution in [1.82, 2.24) is 4.90 Å². The van der Waals surface area contributed by atoms with Crippen molar-refractivity contribution in [3.05, 3.63) is 0 Å². The number of ether oxygens (including phenoxy) is 3. The molecule has 6 nitrogen and oxygen atoms in total. The SMILES string of the molecule is COCC1COC(CO)CN1C(=O)OC(C)(C)C. The quantitative estimate of drug-likeness (QED) is 0.807. The Morgan fingerprint density at radius 1 is 1.50 bits per heavy atom. The number of morpholine rings is 1. The van der Waals surface area contributed by atoms with Crippen LogP contribution in [0.3, 0.4) is 0 Å². The summed E-state index contributed by atoms with van der Waals surface area (Å²) in [6, 6.07) is -0.173. The Kier molecular flexibility index (Phi) is 5.37. The molecule has 1 saturated heterocycles. The van der Waals surface area contributed by atoms with Crippen molar-refractivity contribution < 1.29 is 24.1 Å². The summed E-state index contributed by atoms with van der Waals surface area (Å²) in [6.07, 6.45) is -0.753. The molecule has 1 rings (SSSR count). The van der Waals surface area contributed by atoms with Crippen LogP contribution >= 0.6 is 0 Å². The third kappa shape index (κ3) is 4.44. The minimum atomic E-state index is -0.540. The smallest absolute Gasteiger partial charge is 0.410 e. The van der Waals surface area contributed by atoms with E-state index in [1.165, 1.54) is 0 Å². The van der Waals surface area contributed by atoms with Crippen LogP contribution in [0.5, 0.6) is 0 Å². The van der Waals surface area contributed by atoms with Gasteiger partial charge in [0.1, 0.15) is 5.60 Å². The van der Waals surface area contributed by atoms with E-state index in [0.29, 0.717) is 19.8 Å². The fourth-order valence-electron chi connectivity index (χ4n) is 1.74. The van der Waals surface area contributed by atoms with Crippen LogP contribution in [0.15, 0.2) is 0 Å². The summed E-state index contributed by atoms with van der Waals surface area (Å²) < 4.78 is 15.8. The fourth-order valence-corrected chi connectivity index (χ4v) is 1.74. The van der Waals surface area contributed by atoms with Crippen molar-refractivity contribution >= 4 is 6.09 Å². The van der Waals surface area contributed by atoms with Gasteiger partial charge in [0.2, 0.25) is 0 Å². The summed E-state index contributed by atoms with van der Waals surface area (Å²) in [6.45, 7) is 6.40. The van der Waals surface area contributed by atoms with E-state index in [4.69, 9.17) is 19.3 Å². The first-order valence-corrected chi connectivity index (χ1v) is 6.08. The first-order chi connectivity index (χ1) is 8.37. The van der Waals surface area contributed by atoms with Gasteiger partial charge in [0, 0.05) is 7.11 Å². The molecule has 6 heteroatoms. The third-order valence-corrected chi connectivity index (χ3v) is 2.56. The molecule has 1 N–H and O–H groups in total. The highest BCUT2D eigenvalue weighted by Crippen LogP contribution is 2.17. The number of rotatable bonds is 3. The number of methoxy groups -OCH3 is 1. The van der Waals surface area contributed by atoms with Crippen LogP contribution in [0.4, 0.5) is 4.79 Å².